The average molecular weight is 218 g/mol. The summed E-state index contributed by atoms with van der Waals surface area (Å²) < 4.78 is 0. The molecule has 1 saturated heterocycles. The molecule has 0 aromatic heterocycles. The molecule has 0 radical (unpaired) electrons. The Labute approximate surface area is 98.4 Å². The fourth-order valence-electron chi connectivity index (χ4n) is 2.38. The zero-order valence-corrected chi connectivity index (χ0v) is 10.4. The molecule has 0 amide bonds. The lowest BCUT2D eigenvalue weighted by Gasteiger charge is -2.22. The van der Waals surface area contributed by atoms with Crippen molar-refractivity contribution in [3.63, 3.8) is 0 Å². The van der Waals surface area contributed by atoms with Gasteiger partial charge in [0.05, 0.1) is 0 Å². The second-order valence-corrected chi connectivity index (χ2v) is 5.46. The van der Waals surface area contributed by atoms with Crippen molar-refractivity contribution in [3.05, 3.63) is 35.4 Å². The summed E-state index contributed by atoms with van der Waals surface area (Å²) in [6.45, 7) is 8.61. The molecule has 16 heavy (non-hydrogen) atoms. The third kappa shape index (κ3) is 2.63. The van der Waals surface area contributed by atoms with Gasteiger partial charge in [-0.15, -0.1) is 0 Å². The smallest absolute Gasteiger partial charge is 0.0233 e. The number of aryl methyl sites for hydroxylation is 1. The van der Waals surface area contributed by atoms with Crippen molar-refractivity contribution >= 4 is 0 Å². The highest BCUT2D eigenvalue weighted by atomic mass is 15.2. The van der Waals surface area contributed by atoms with Crippen LogP contribution in [0, 0.1) is 12.3 Å². The quantitative estimate of drug-likeness (QED) is 0.842. The van der Waals surface area contributed by atoms with Crippen molar-refractivity contribution in [3.8, 4) is 0 Å². The van der Waals surface area contributed by atoms with Crippen LogP contribution >= 0.6 is 0 Å². The first-order valence-corrected chi connectivity index (χ1v) is 6.09. The molecule has 0 bridgehead atoms. The third-order valence-corrected chi connectivity index (χ3v) is 3.66. The fraction of sp³-hybridized carbons (Fsp3) is 0.571. The average Bonchev–Trinajstić information content (AvgIpc) is 2.65. The zero-order chi connectivity index (χ0) is 11.6. The van der Waals surface area contributed by atoms with Crippen LogP contribution < -0.4 is 5.73 Å². The normalized spacial score (nSPS) is 26.2. The van der Waals surface area contributed by atoms with Gasteiger partial charge >= 0.3 is 0 Å². The standard InChI is InChI=1S/C14H22N2/c1-12-3-5-13(6-4-12)9-16-8-7-14(2,10-15)11-16/h3-6H,7-11,15H2,1-2H3. The van der Waals surface area contributed by atoms with Gasteiger partial charge in [0.1, 0.15) is 0 Å². The molecule has 0 spiro atoms. The summed E-state index contributed by atoms with van der Waals surface area (Å²) in [6.07, 6.45) is 1.23. The van der Waals surface area contributed by atoms with Crippen LogP contribution in [0.1, 0.15) is 24.5 Å². The van der Waals surface area contributed by atoms with Gasteiger partial charge in [-0.2, -0.15) is 0 Å². The van der Waals surface area contributed by atoms with Crippen LogP contribution in [0.2, 0.25) is 0 Å². The third-order valence-electron chi connectivity index (χ3n) is 3.66. The van der Waals surface area contributed by atoms with Gasteiger partial charge in [0, 0.05) is 13.1 Å². The monoisotopic (exact) mass is 218 g/mol. The minimum absolute atomic E-state index is 0.338. The van der Waals surface area contributed by atoms with Crippen LogP contribution in [0.3, 0.4) is 0 Å². The molecular weight excluding hydrogens is 196 g/mol. The summed E-state index contributed by atoms with van der Waals surface area (Å²) in [7, 11) is 0. The van der Waals surface area contributed by atoms with Crippen molar-refractivity contribution in [1.82, 2.24) is 4.90 Å². The highest BCUT2D eigenvalue weighted by Crippen LogP contribution is 2.29. The van der Waals surface area contributed by atoms with E-state index in [9.17, 15) is 0 Å². The molecule has 2 heteroatoms. The van der Waals surface area contributed by atoms with Gasteiger partial charge in [-0.25, -0.2) is 0 Å². The number of nitrogens with two attached hydrogens (primary N) is 1. The minimum Gasteiger partial charge on any atom is -0.330 e. The maximum absolute atomic E-state index is 5.82. The summed E-state index contributed by atoms with van der Waals surface area (Å²) in [5.41, 5.74) is 8.89. The second-order valence-electron chi connectivity index (χ2n) is 5.46. The summed E-state index contributed by atoms with van der Waals surface area (Å²) >= 11 is 0. The molecule has 1 fully saturated rings. The predicted octanol–water partition coefficient (Wildman–Crippen LogP) is 2.17. The Bertz CT molecular complexity index is 344. The van der Waals surface area contributed by atoms with E-state index in [0.717, 1.165) is 19.6 Å². The molecular formula is C14H22N2. The molecule has 1 unspecified atom stereocenters. The Balaban J connectivity index is 1.94. The topological polar surface area (TPSA) is 29.3 Å². The summed E-state index contributed by atoms with van der Waals surface area (Å²) in [6, 6.07) is 8.84. The molecule has 0 aliphatic carbocycles. The van der Waals surface area contributed by atoms with Gasteiger partial charge in [-0.3, -0.25) is 4.90 Å². The maximum atomic E-state index is 5.82. The van der Waals surface area contributed by atoms with E-state index >= 15 is 0 Å². The lowest BCUT2D eigenvalue weighted by molar-refractivity contribution is 0.274. The molecule has 1 aromatic rings. The summed E-state index contributed by atoms with van der Waals surface area (Å²) in [5, 5.41) is 0. The predicted molar refractivity (Wildman–Crippen MR) is 68.2 cm³/mol. The van der Waals surface area contributed by atoms with Crippen LogP contribution in [0.5, 0.6) is 0 Å². The van der Waals surface area contributed by atoms with Crippen LogP contribution in [0.15, 0.2) is 24.3 Å². The first-order chi connectivity index (χ1) is 7.61. The van der Waals surface area contributed by atoms with Crippen molar-refractivity contribution in [2.24, 2.45) is 11.1 Å². The first-order valence-electron chi connectivity index (χ1n) is 6.09. The van der Waals surface area contributed by atoms with Gasteiger partial charge in [-0.05, 0) is 37.4 Å². The van der Waals surface area contributed by atoms with Gasteiger partial charge in [-0.1, -0.05) is 36.8 Å². The molecule has 1 atom stereocenters. The SMILES string of the molecule is Cc1ccc(CN2CCC(C)(CN)C2)cc1. The lowest BCUT2D eigenvalue weighted by atomic mass is 9.90. The molecule has 1 aromatic carbocycles. The van der Waals surface area contributed by atoms with E-state index < -0.39 is 0 Å². The lowest BCUT2D eigenvalue weighted by Crippen LogP contribution is -2.31. The highest BCUT2D eigenvalue weighted by Gasteiger charge is 2.32. The minimum atomic E-state index is 0.338. The Morgan fingerprint density at radius 1 is 1.31 bits per heavy atom. The highest BCUT2D eigenvalue weighted by molar-refractivity contribution is 5.21. The van der Waals surface area contributed by atoms with Crippen LogP contribution in [0.4, 0.5) is 0 Å². The van der Waals surface area contributed by atoms with Crippen molar-refractivity contribution in [2.75, 3.05) is 19.6 Å². The van der Waals surface area contributed by atoms with E-state index in [4.69, 9.17) is 5.73 Å². The van der Waals surface area contributed by atoms with Crippen molar-refractivity contribution in [2.45, 2.75) is 26.8 Å². The first kappa shape index (κ1) is 11.6. The number of nitrogens with zero attached hydrogens (tertiary/aromatic N) is 1. The number of benzene rings is 1. The van der Waals surface area contributed by atoms with Crippen LogP contribution in [-0.2, 0) is 6.54 Å². The number of hydrogen-bond acceptors (Lipinski definition) is 2. The van der Waals surface area contributed by atoms with E-state index in [1.54, 1.807) is 0 Å². The molecule has 2 rings (SSSR count). The molecule has 1 heterocycles. The maximum Gasteiger partial charge on any atom is 0.0233 e. The fourth-order valence-corrected chi connectivity index (χ4v) is 2.38. The van der Waals surface area contributed by atoms with Gasteiger partial charge in [0.2, 0.25) is 0 Å². The number of likely N-dealkylation sites (tertiary alicyclic amines) is 1. The van der Waals surface area contributed by atoms with Crippen LogP contribution in [-0.4, -0.2) is 24.5 Å². The molecule has 1 aliphatic rings. The van der Waals surface area contributed by atoms with E-state index in [0.29, 0.717) is 5.41 Å². The van der Waals surface area contributed by atoms with E-state index in [1.165, 1.54) is 24.1 Å². The summed E-state index contributed by atoms with van der Waals surface area (Å²) in [4.78, 5) is 2.51. The van der Waals surface area contributed by atoms with Crippen molar-refractivity contribution < 1.29 is 0 Å². The Morgan fingerprint density at radius 3 is 2.56 bits per heavy atom. The van der Waals surface area contributed by atoms with E-state index in [1.807, 2.05) is 0 Å². The molecule has 2 nitrogen and oxygen atoms in total. The Hall–Kier alpha value is -0.860. The van der Waals surface area contributed by atoms with Gasteiger partial charge in [0.25, 0.3) is 0 Å². The van der Waals surface area contributed by atoms with E-state index in [-0.39, 0.29) is 0 Å². The van der Waals surface area contributed by atoms with Crippen LogP contribution in [0.25, 0.3) is 0 Å². The van der Waals surface area contributed by atoms with Gasteiger partial charge < -0.3 is 5.73 Å². The Kier molecular flexibility index (Phi) is 3.31. The number of rotatable bonds is 3. The second kappa shape index (κ2) is 4.56. The molecule has 0 saturated carbocycles. The summed E-state index contributed by atoms with van der Waals surface area (Å²) in [5.74, 6) is 0. The van der Waals surface area contributed by atoms with E-state index in [2.05, 4.69) is 43.0 Å². The largest absolute Gasteiger partial charge is 0.330 e. The van der Waals surface area contributed by atoms with Crippen molar-refractivity contribution in [1.29, 1.82) is 0 Å². The zero-order valence-electron chi connectivity index (χ0n) is 10.4. The molecule has 1 aliphatic heterocycles. The molecule has 2 N–H and O–H groups in total. The Morgan fingerprint density at radius 2 is 2.00 bits per heavy atom. The van der Waals surface area contributed by atoms with Gasteiger partial charge in [0.15, 0.2) is 0 Å². The molecule has 88 valence electrons. The number of hydrogen-bond donors (Lipinski definition) is 1.